The van der Waals surface area contributed by atoms with Crippen LogP contribution in [0.5, 0.6) is 5.75 Å². The highest BCUT2D eigenvalue weighted by molar-refractivity contribution is 5.91. The van der Waals surface area contributed by atoms with Gasteiger partial charge in [0.15, 0.2) is 11.6 Å². The summed E-state index contributed by atoms with van der Waals surface area (Å²) in [5.74, 6) is -0.811. The summed E-state index contributed by atoms with van der Waals surface area (Å²) in [6, 6.07) is 14.4. The molecule has 1 heterocycles. The molecule has 1 aromatic heterocycles. The summed E-state index contributed by atoms with van der Waals surface area (Å²) in [6.45, 7) is 4.16. The first kappa shape index (κ1) is 18.6. The maximum absolute atomic E-state index is 13.8. The van der Waals surface area contributed by atoms with Gasteiger partial charge in [0.2, 0.25) is 0 Å². The molecule has 0 aliphatic carbocycles. The summed E-state index contributed by atoms with van der Waals surface area (Å²) in [5, 5.41) is 4.46. The van der Waals surface area contributed by atoms with Gasteiger partial charge >= 0.3 is 5.97 Å². The Balaban J connectivity index is 1.72. The highest BCUT2D eigenvalue weighted by Gasteiger charge is 2.20. The molecule has 27 heavy (non-hydrogen) atoms. The van der Waals surface area contributed by atoms with E-state index in [0.717, 1.165) is 11.3 Å². The van der Waals surface area contributed by atoms with E-state index in [1.165, 1.54) is 19.2 Å². The van der Waals surface area contributed by atoms with Crippen LogP contribution in [0.25, 0.3) is 0 Å². The van der Waals surface area contributed by atoms with E-state index in [-0.39, 0.29) is 12.4 Å². The van der Waals surface area contributed by atoms with Crippen molar-refractivity contribution >= 4 is 5.97 Å². The first-order valence-electron chi connectivity index (χ1n) is 8.57. The molecule has 2 aromatic carbocycles. The summed E-state index contributed by atoms with van der Waals surface area (Å²) in [4.78, 5) is 12.5. The van der Waals surface area contributed by atoms with Gasteiger partial charge in [-0.2, -0.15) is 5.10 Å². The molecule has 6 heteroatoms. The number of nitrogens with zero attached hydrogens (tertiary/aromatic N) is 2. The third-order valence-electron chi connectivity index (χ3n) is 4.35. The van der Waals surface area contributed by atoms with Crippen LogP contribution >= 0.6 is 0 Å². The van der Waals surface area contributed by atoms with Gasteiger partial charge in [0.1, 0.15) is 12.2 Å². The quantitative estimate of drug-likeness (QED) is 0.616. The fraction of sp³-hybridized carbons (Fsp3) is 0.238. The number of carbonyl (C=O) groups excluding carboxylic acids is 1. The van der Waals surface area contributed by atoms with Crippen LogP contribution < -0.4 is 4.74 Å². The van der Waals surface area contributed by atoms with E-state index in [9.17, 15) is 9.18 Å². The summed E-state index contributed by atoms with van der Waals surface area (Å²) < 4.78 is 25.8. The first-order valence-corrected chi connectivity index (χ1v) is 8.57. The molecule has 0 saturated heterocycles. The second-order valence-electron chi connectivity index (χ2n) is 6.23. The van der Waals surface area contributed by atoms with Crippen LogP contribution in [0.2, 0.25) is 0 Å². The molecular weight excluding hydrogens is 347 g/mol. The summed E-state index contributed by atoms with van der Waals surface area (Å²) in [7, 11) is 1.40. The van der Waals surface area contributed by atoms with Crippen molar-refractivity contribution < 1.29 is 18.7 Å². The van der Waals surface area contributed by atoms with Crippen LogP contribution in [0.15, 0.2) is 48.5 Å². The number of hydrogen-bond donors (Lipinski definition) is 0. The maximum atomic E-state index is 13.8. The average molecular weight is 368 g/mol. The van der Waals surface area contributed by atoms with Crippen molar-refractivity contribution in [2.24, 2.45) is 0 Å². The van der Waals surface area contributed by atoms with Gasteiger partial charge in [-0.1, -0.05) is 36.4 Å². The standard InChI is InChI=1S/C21H21FN2O3/c1-14-20(15(2)24(23-14)12-16-7-5-4-6-8-16)21(25)27-13-17-9-10-19(26-3)18(22)11-17/h4-11H,12-13H2,1-3H3. The molecule has 0 aliphatic rings. The Hall–Kier alpha value is -3.15. The predicted molar refractivity (Wildman–Crippen MR) is 99.3 cm³/mol. The van der Waals surface area contributed by atoms with Crippen LogP contribution in [-0.4, -0.2) is 22.9 Å². The second kappa shape index (κ2) is 8.03. The van der Waals surface area contributed by atoms with Crippen molar-refractivity contribution in [2.45, 2.75) is 27.0 Å². The second-order valence-corrected chi connectivity index (χ2v) is 6.23. The minimum Gasteiger partial charge on any atom is -0.494 e. The van der Waals surface area contributed by atoms with Crippen molar-refractivity contribution in [1.29, 1.82) is 0 Å². The maximum Gasteiger partial charge on any atom is 0.342 e. The van der Waals surface area contributed by atoms with E-state index < -0.39 is 11.8 Å². The molecule has 3 aromatic rings. The Morgan fingerprint density at radius 2 is 1.85 bits per heavy atom. The van der Waals surface area contributed by atoms with Gasteiger partial charge in [-0.3, -0.25) is 4.68 Å². The number of aryl methyl sites for hydroxylation is 1. The monoisotopic (exact) mass is 368 g/mol. The highest BCUT2D eigenvalue weighted by atomic mass is 19.1. The zero-order chi connectivity index (χ0) is 19.4. The Morgan fingerprint density at radius 1 is 1.11 bits per heavy atom. The van der Waals surface area contributed by atoms with Gasteiger partial charge in [0.05, 0.1) is 25.0 Å². The van der Waals surface area contributed by atoms with Gasteiger partial charge < -0.3 is 9.47 Å². The molecule has 0 amide bonds. The largest absolute Gasteiger partial charge is 0.494 e. The third kappa shape index (κ3) is 4.16. The molecule has 0 aliphatic heterocycles. The summed E-state index contributed by atoms with van der Waals surface area (Å²) >= 11 is 0. The van der Waals surface area contributed by atoms with E-state index in [1.54, 1.807) is 17.7 Å². The van der Waals surface area contributed by atoms with E-state index in [0.29, 0.717) is 23.4 Å². The van der Waals surface area contributed by atoms with Gasteiger partial charge in [-0.05, 0) is 37.1 Å². The number of hydrogen-bond acceptors (Lipinski definition) is 4. The van der Waals surface area contributed by atoms with Crippen LogP contribution in [0.4, 0.5) is 4.39 Å². The zero-order valence-electron chi connectivity index (χ0n) is 15.5. The smallest absolute Gasteiger partial charge is 0.342 e. The van der Waals surface area contributed by atoms with Crippen molar-refractivity contribution in [1.82, 2.24) is 9.78 Å². The van der Waals surface area contributed by atoms with Gasteiger partial charge in [0, 0.05) is 0 Å². The van der Waals surface area contributed by atoms with Crippen molar-refractivity contribution in [3.05, 3.63) is 82.4 Å². The first-order chi connectivity index (χ1) is 13.0. The van der Waals surface area contributed by atoms with Crippen molar-refractivity contribution in [3.8, 4) is 5.75 Å². The molecule has 0 bridgehead atoms. The molecule has 0 unspecified atom stereocenters. The third-order valence-corrected chi connectivity index (χ3v) is 4.35. The van der Waals surface area contributed by atoms with Gasteiger partial charge in [-0.15, -0.1) is 0 Å². The molecule has 5 nitrogen and oxygen atoms in total. The molecular formula is C21H21FN2O3. The molecule has 0 saturated carbocycles. The molecule has 0 spiro atoms. The topological polar surface area (TPSA) is 53.4 Å². The Morgan fingerprint density at radius 3 is 2.52 bits per heavy atom. The Bertz CT molecular complexity index is 952. The Labute approximate surface area is 157 Å². The van der Waals surface area contributed by atoms with Crippen LogP contribution in [-0.2, 0) is 17.9 Å². The van der Waals surface area contributed by atoms with Crippen molar-refractivity contribution in [3.63, 3.8) is 0 Å². The summed E-state index contributed by atoms with van der Waals surface area (Å²) in [6.07, 6.45) is 0. The van der Waals surface area contributed by atoms with Crippen LogP contribution in [0.3, 0.4) is 0 Å². The lowest BCUT2D eigenvalue weighted by molar-refractivity contribution is 0.0470. The van der Waals surface area contributed by atoms with E-state index in [1.807, 2.05) is 37.3 Å². The normalized spacial score (nSPS) is 10.7. The lowest BCUT2D eigenvalue weighted by Crippen LogP contribution is -2.09. The van der Waals surface area contributed by atoms with Gasteiger partial charge in [0.25, 0.3) is 0 Å². The van der Waals surface area contributed by atoms with E-state index in [4.69, 9.17) is 9.47 Å². The number of methoxy groups -OCH3 is 1. The number of aromatic nitrogens is 2. The van der Waals surface area contributed by atoms with Crippen LogP contribution in [0.1, 0.15) is 32.9 Å². The molecule has 0 radical (unpaired) electrons. The number of benzene rings is 2. The minimum atomic E-state index is -0.492. The SMILES string of the molecule is COc1ccc(COC(=O)c2c(C)nn(Cc3ccccc3)c2C)cc1F. The Kier molecular flexibility index (Phi) is 5.54. The highest BCUT2D eigenvalue weighted by Crippen LogP contribution is 2.20. The minimum absolute atomic E-state index is 0.0253. The number of esters is 1. The molecule has 0 atom stereocenters. The fourth-order valence-corrected chi connectivity index (χ4v) is 2.92. The van der Waals surface area contributed by atoms with Crippen molar-refractivity contribution in [2.75, 3.05) is 7.11 Å². The predicted octanol–water partition coefficient (Wildman–Crippen LogP) is 4.05. The lowest BCUT2D eigenvalue weighted by atomic mass is 10.2. The molecule has 0 fully saturated rings. The zero-order valence-corrected chi connectivity index (χ0v) is 15.5. The molecule has 140 valence electrons. The number of carbonyl (C=O) groups is 1. The number of rotatable bonds is 6. The molecule has 0 N–H and O–H groups in total. The van der Waals surface area contributed by atoms with E-state index in [2.05, 4.69) is 5.10 Å². The fourth-order valence-electron chi connectivity index (χ4n) is 2.92. The molecule has 3 rings (SSSR count). The van der Waals surface area contributed by atoms with E-state index >= 15 is 0 Å². The van der Waals surface area contributed by atoms with Gasteiger partial charge in [-0.25, -0.2) is 9.18 Å². The van der Waals surface area contributed by atoms with Crippen LogP contribution in [0, 0.1) is 19.7 Å². The average Bonchev–Trinajstić information content (AvgIpc) is 2.94. The summed E-state index contributed by atoms with van der Waals surface area (Å²) in [5.41, 5.74) is 3.43. The number of ether oxygens (including phenoxy) is 2. The lowest BCUT2D eigenvalue weighted by Gasteiger charge is -2.08. The number of halogens is 1.